The fourth-order valence-electron chi connectivity index (χ4n) is 3.58. The molecule has 1 saturated heterocycles. The maximum absolute atomic E-state index is 13.4. The third-order valence-corrected chi connectivity index (χ3v) is 5.81. The number of aromatic nitrogens is 2. The fraction of sp³-hybridized carbons (Fsp3) is 0.261. The predicted molar refractivity (Wildman–Crippen MR) is 117 cm³/mol. The molecule has 0 unspecified atom stereocenters. The lowest BCUT2D eigenvalue weighted by molar-refractivity contribution is -0.120. The van der Waals surface area contributed by atoms with Crippen LogP contribution in [0, 0.1) is 18.7 Å². The SMILES string of the molecule is Cc1ccc(NC(=O)C2CCN(c3ccc(-c4cccc(F)c4)nn3)CC2)cc1Cl. The number of nitrogens with zero attached hydrogens (tertiary/aromatic N) is 3. The Bertz CT molecular complexity index is 1050. The summed E-state index contributed by atoms with van der Waals surface area (Å²) in [4.78, 5) is 14.7. The van der Waals surface area contributed by atoms with Crippen LogP contribution in [0.4, 0.5) is 15.9 Å². The van der Waals surface area contributed by atoms with Crippen LogP contribution in [-0.4, -0.2) is 29.2 Å². The van der Waals surface area contributed by atoms with Gasteiger partial charge in [0.25, 0.3) is 0 Å². The highest BCUT2D eigenvalue weighted by molar-refractivity contribution is 6.31. The molecule has 1 fully saturated rings. The quantitative estimate of drug-likeness (QED) is 0.633. The first-order chi connectivity index (χ1) is 14.5. The number of piperidine rings is 1. The van der Waals surface area contributed by atoms with E-state index in [1.165, 1.54) is 12.1 Å². The van der Waals surface area contributed by atoms with Crippen molar-refractivity contribution >= 4 is 29.0 Å². The number of aryl methyl sites for hydroxylation is 1. The Kier molecular flexibility index (Phi) is 5.95. The molecule has 0 saturated carbocycles. The largest absolute Gasteiger partial charge is 0.355 e. The van der Waals surface area contributed by atoms with Gasteiger partial charge in [-0.05, 0) is 61.7 Å². The second kappa shape index (κ2) is 8.79. The van der Waals surface area contributed by atoms with Crippen LogP contribution < -0.4 is 10.2 Å². The maximum atomic E-state index is 13.4. The Morgan fingerprint density at radius 3 is 2.57 bits per heavy atom. The van der Waals surface area contributed by atoms with Gasteiger partial charge in [-0.15, -0.1) is 10.2 Å². The van der Waals surface area contributed by atoms with Crippen molar-refractivity contribution in [3.8, 4) is 11.3 Å². The van der Waals surface area contributed by atoms with E-state index in [-0.39, 0.29) is 17.6 Å². The maximum Gasteiger partial charge on any atom is 0.227 e. The predicted octanol–water partition coefficient (Wildman–Crippen LogP) is 5.10. The summed E-state index contributed by atoms with van der Waals surface area (Å²) in [7, 11) is 0. The van der Waals surface area contributed by atoms with E-state index in [0.29, 0.717) is 16.3 Å². The van der Waals surface area contributed by atoms with Crippen molar-refractivity contribution < 1.29 is 9.18 Å². The smallest absolute Gasteiger partial charge is 0.227 e. The molecule has 30 heavy (non-hydrogen) atoms. The molecular formula is C23H22ClFN4O. The number of benzene rings is 2. The van der Waals surface area contributed by atoms with Crippen LogP contribution in [0.25, 0.3) is 11.3 Å². The van der Waals surface area contributed by atoms with Gasteiger partial charge in [0.2, 0.25) is 5.91 Å². The summed E-state index contributed by atoms with van der Waals surface area (Å²) in [6.45, 7) is 3.37. The molecule has 1 aliphatic heterocycles. The van der Waals surface area contributed by atoms with Gasteiger partial charge in [-0.2, -0.15) is 0 Å². The third-order valence-electron chi connectivity index (χ3n) is 5.40. The summed E-state index contributed by atoms with van der Waals surface area (Å²) < 4.78 is 13.4. The molecule has 0 atom stereocenters. The Morgan fingerprint density at radius 2 is 1.90 bits per heavy atom. The lowest BCUT2D eigenvalue weighted by atomic mass is 9.95. The highest BCUT2D eigenvalue weighted by Gasteiger charge is 2.26. The van der Waals surface area contributed by atoms with E-state index in [0.717, 1.165) is 43.0 Å². The van der Waals surface area contributed by atoms with Gasteiger partial charge in [-0.3, -0.25) is 4.79 Å². The zero-order valence-corrected chi connectivity index (χ0v) is 17.4. The third kappa shape index (κ3) is 4.60. The number of rotatable bonds is 4. The molecule has 0 aliphatic carbocycles. The van der Waals surface area contributed by atoms with E-state index in [4.69, 9.17) is 11.6 Å². The van der Waals surface area contributed by atoms with Crippen LogP contribution >= 0.6 is 11.6 Å². The van der Waals surface area contributed by atoms with E-state index in [9.17, 15) is 9.18 Å². The number of carbonyl (C=O) groups excluding carboxylic acids is 1. The highest BCUT2D eigenvalue weighted by atomic mass is 35.5. The molecule has 5 nitrogen and oxygen atoms in total. The number of hydrogen-bond acceptors (Lipinski definition) is 4. The number of anilines is 2. The van der Waals surface area contributed by atoms with Gasteiger partial charge in [-0.1, -0.05) is 29.8 Å². The lowest BCUT2D eigenvalue weighted by Gasteiger charge is -2.31. The topological polar surface area (TPSA) is 58.1 Å². The normalized spacial score (nSPS) is 14.6. The van der Waals surface area contributed by atoms with Crippen molar-refractivity contribution in [3.63, 3.8) is 0 Å². The van der Waals surface area contributed by atoms with E-state index < -0.39 is 0 Å². The lowest BCUT2D eigenvalue weighted by Crippen LogP contribution is -2.38. The molecule has 1 amide bonds. The number of nitrogens with one attached hydrogen (secondary N) is 1. The average molecular weight is 425 g/mol. The van der Waals surface area contributed by atoms with Gasteiger partial charge in [0.1, 0.15) is 5.82 Å². The van der Waals surface area contributed by atoms with E-state index >= 15 is 0 Å². The molecule has 154 valence electrons. The zero-order valence-electron chi connectivity index (χ0n) is 16.6. The molecule has 1 N–H and O–H groups in total. The van der Waals surface area contributed by atoms with E-state index in [1.54, 1.807) is 18.2 Å². The molecule has 3 aromatic rings. The van der Waals surface area contributed by atoms with Gasteiger partial charge in [0.05, 0.1) is 5.69 Å². The van der Waals surface area contributed by atoms with Crippen molar-refractivity contribution in [1.82, 2.24) is 10.2 Å². The first-order valence-electron chi connectivity index (χ1n) is 9.91. The zero-order chi connectivity index (χ0) is 21.1. The number of halogens is 2. The molecule has 2 aromatic carbocycles. The van der Waals surface area contributed by atoms with Crippen molar-refractivity contribution in [2.75, 3.05) is 23.3 Å². The van der Waals surface area contributed by atoms with Crippen molar-refractivity contribution in [1.29, 1.82) is 0 Å². The van der Waals surface area contributed by atoms with Crippen LogP contribution in [0.1, 0.15) is 18.4 Å². The second-order valence-corrected chi connectivity index (χ2v) is 7.91. The van der Waals surface area contributed by atoms with Crippen LogP contribution in [0.2, 0.25) is 5.02 Å². The summed E-state index contributed by atoms with van der Waals surface area (Å²) in [5.41, 5.74) is 3.02. The van der Waals surface area contributed by atoms with Crippen LogP contribution in [-0.2, 0) is 4.79 Å². The Balaban J connectivity index is 1.34. The second-order valence-electron chi connectivity index (χ2n) is 7.50. The first-order valence-corrected chi connectivity index (χ1v) is 10.3. The first kappa shape index (κ1) is 20.3. The van der Waals surface area contributed by atoms with Gasteiger partial charge in [0.15, 0.2) is 5.82 Å². The molecular weight excluding hydrogens is 403 g/mol. The summed E-state index contributed by atoms with van der Waals surface area (Å²) >= 11 is 6.14. The van der Waals surface area contributed by atoms with Crippen molar-refractivity contribution in [2.45, 2.75) is 19.8 Å². The Hall–Kier alpha value is -2.99. The van der Waals surface area contributed by atoms with E-state index in [1.807, 2.05) is 31.2 Å². The number of carbonyl (C=O) groups is 1. The molecule has 1 aromatic heterocycles. The summed E-state index contributed by atoms with van der Waals surface area (Å²) in [5.74, 6) is 0.425. The summed E-state index contributed by atoms with van der Waals surface area (Å²) in [5, 5.41) is 12.1. The van der Waals surface area contributed by atoms with Crippen molar-refractivity contribution in [3.05, 3.63) is 71.0 Å². The minimum absolute atomic E-state index is 0.0158. The molecule has 0 bridgehead atoms. The molecule has 7 heteroatoms. The Labute approximate surface area is 179 Å². The van der Waals surface area contributed by atoms with Gasteiger partial charge in [0, 0.05) is 35.3 Å². The summed E-state index contributed by atoms with van der Waals surface area (Å²) in [6.07, 6.45) is 1.47. The average Bonchev–Trinajstić information content (AvgIpc) is 2.76. The Morgan fingerprint density at radius 1 is 1.10 bits per heavy atom. The van der Waals surface area contributed by atoms with Crippen LogP contribution in [0.5, 0.6) is 0 Å². The monoisotopic (exact) mass is 424 g/mol. The molecule has 1 aliphatic rings. The molecule has 2 heterocycles. The molecule has 0 radical (unpaired) electrons. The van der Waals surface area contributed by atoms with Crippen LogP contribution in [0.15, 0.2) is 54.6 Å². The summed E-state index contributed by atoms with van der Waals surface area (Å²) in [6, 6.07) is 15.6. The standard InChI is InChI=1S/C23H22ClFN4O/c1-15-5-6-19(14-20(15)24)26-23(30)16-9-11-29(12-10-16)22-8-7-21(27-28-22)17-3-2-4-18(25)13-17/h2-8,13-14,16H,9-12H2,1H3,(H,26,30). The molecule has 4 rings (SSSR count). The van der Waals surface area contributed by atoms with Gasteiger partial charge >= 0.3 is 0 Å². The van der Waals surface area contributed by atoms with Gasteiger partial charge in [-0.25, -0.2) is 4.39 Å². The van der Waals surface area contributed by atoms with E-state index in [2.05, 4.69) is 20.4 Å². The van der Waals surface area contributed by atoms with Crippen LogP contribution in [0.3, 0.4) is 0 Å². The highest BCUT2D eigenvalue weighted by Crippen LogP contribution is 2.26. The van der Waals surface area contributed by atoms with Gasteiger partial charge < -0.3 is 10.2 Å². The van der Waals surface area contributed by atoms with Crippen molar-refractivity contribution in [2.24, 2.45) is 5.92 Å². The minimum Gasteiger partial charge on any atom is -0.355 e. The molecule has 0 spiro atoms. The minimum atomic E-state index is -0.299. The number of hydrogen-bond donors (Lipinski definition) is 1. The fourth-order valence-corrected chi connectivity index (χ4v) is 3.76. The number of amides is 1.